The molecular formula is C22H30BrN3O. The number of ketones is 1. The highest BCUT2D eigenvalue weighted by Crippen LogP contribution is 2.42. The molecular weight excluding hydrogens is 402 g/mol. The van der Waals surface area contributed by atoms with Gasteiger partial charge in [0.05, 0.1) is 0 Å². The highest BCUT2D eigenvalue weighted by molar-refractivity contribution is 9.12. The van der Waals surface area contributed by atoms with Gasteiger partial charge in [0.2, 0.25) is 0 Å². The number of hydrogen-bond donors (Lipinski definition) is 0. The van der Waals surface area contributed by atoms with Crippen molar-refractivity contribution in [3.05, 3.63) is 46.5 Å². The van der Waals surface area contributed by atoms with Crippen LogP contribution in [0.2, 0.25) is 0 Å². The molecule has 4 rings (SSSR count). The number of fused-ring (bicyclic) bond motifs is 3. The Bertz CT molecular complexity index is 738. The lowest BCUT2D eigenvalue weighted by Gasteiger charge is -2.31. The number of carbonyl (C=O) groups is 1. The molecule has 1 aromatic rings. The lowest BCUT2D eigenvalue weighted by Crippen LogP contribution is -2.36. The number of nitrogens with zero attached hydrogens (tertiary/aromatic N) is 3. The number of carbonyl (C=O) groups excluding carboxylic acids is 1. The van der Waals surface area contributed by atoms with Crippen molar-refractivity contribution in [1.82, 2.24) is 9.80 Å². The molecule has 146 valence electrons. The average molecular weight is 432 g/mol. The third kappa shape index (κ3) is 5.75. The van der Waals surface area contributed by atoms with Gasteiger partial charge in [0.1, 0.15) is 4.98 Å². The fourth-order valence-corrected chi connectivity index (χ4v) is 4.02. The number of likely N-dealkylation sites (tertiary alicyclic amines) is 1. The number of Topliss-reactive ketones (excluding diaryl/α,β-unsaturated/α-hetero) is 1. The lowest BCUT2D eigenvalue weighted by molar-refractivity contribution is 0.0861. The smallest absolute Gasteiger partial charge is 0.166 e. The Morgan fingerprint density at radius 2 is 1.85 bits per heavy atom. The molecule has 2 atom stereocenters. The molecule has 0 N–H and O–H groups in total. The van der Waals surface area contributed by atoms with Crippen molar-refractivity contribution in [2.24, 2.45) is 5.92 Å². The van der Waals surface area contributed by atoms with Crippen LogP contribution in [-0.2, 0) is 0 Å². The Labute approximate surface area is 172 Å². The maximum atomic E-state index is 12.3. The predicted octanol–water partition coefficient (Wildman–Crippen LogP) is 4.36. The first-order valence-corrected chi connectivity index (χ1v) is 10.3. The Morgan fingerprint density at radius 1 is 1.15 bits per heavy atom. The number of piperidine rings is 1. The van der Waals surface area contributed by atoms with Crippen LogP contribution >= 0.6 is 15.9 Å². The SMILES string of the molecule is CC1=CCN(C)CC1.Cc1ccc2c(c1)C(=O)C1CCN(C)CC21.N#CBr. The van der Waals surface area contributed by atoms with E-state index in [-0.39, 0.29) is 5.92 Å². The minimum absolute atomic E-state index is 0.257. The van der Waals surface area contributed by atoms with E-state index in [9.17, 15) is 4.79 Å². The standard InChI is InChI=1S/C14H17NO.C7H13N.CBrN/c1-9-3-4-10-12(7-9)14(16)11-5-6-15(2)8-13(10)11;1-7-3-5-8(2)6-4-7;2-1-3/h3-4,7,11,13H,5-6,8H2,1-2H3;3H,4-6H2,1-2H3;. The van der Waals surface area contributed by atoms with E-state index in [2.05, 4.69) is 77.9 Å². The van der Waals surface area contributed by atoms with Crippen LogP contribution in [0, 0.1) is 23.1 Å². The molecule has 0 amide bonds. The number of benzene rings is 1. The summed E-state index contributed by atoms with van der Waals surface area (Å²) in [6.07, 6.45) is 4.58. The van der Waals surface area contributed by atoms with Gasteiger partial charge >= 0.3 is 0 Å². The summed E-state index contributed by atoms with van der Waals surface area (Å²) in [7, 11) is 4.30. The van der Waals surface area contributed by atoms with E-state index in [4.69, 9.17) is 5.26 Å². The zero-order chi connectivity index (χ0) is 20.0. The molecule has 1 saturated heterocycles. The number of halogens is 1. The minimum atomic E-state index is 0.257. The third-order valence-corrected chi connectivity index (χ3v) is 5.67. The zero-order valence-corrected chi connectivity index (χ0v) is 18.4. The second kappa shape index (κ2) is 10.2. The molecule has 0 radical (unpaired) electrons. The van der Waals surface area contributed by atoms with Crippen molar-refractivity contribution in [3.8, 4) is 4.98 Å². The summed E-state index contributed by atoms with van der Waals surface area (Å²) in [4.78, 5) is 18.5. The van der Waals surface area contributed by atoms with E-state index >= 15 is 0 Å². The fourth-order valence-electron chi connectivity index (χ4n) is 4.02. The molecule has 27 heavy (non-hydrogen) atoms. The van der Waals surface area contributed by atoms with Crippen LogP contribution in [0.1, 0.15) is 47.2 Å². The number of likely N-dealkylation sites (N-methyl/N-ethyl adjacent to an activating group) is 2. The minimum Gasteiger partial charge on any atom is -0.306 e. The number of rotatable bonds is 0. The van der Waals surface area contributed by atoms with E-state index in [1.165, 1.54) is 24.1 Å². The summed E-state index contributed by atoms with van der Waals surface area (Å²) in [5.41, 5.74) is 5.01. The highest BCUT2D eigenvalue weighted by atomic mass is 79.9. The van der Waals surface area contributed by atoms with Crippen molar-refractivity contribution >= 4 is 21.7 Å². The van der Waals surface area contributed by atoms with Crippen molar-refractivity contribution in [3.63, 3.8) is 0 Å². The lowest BCUT2D eigenvalue weighted by atomic mass is 9.86. The molecule has 0 saturated carbocycles. The first-order valence-electron chi connectivity index (χ1n) is 9.54. The number of nitriles is 1. The molecule has 2 unspecified atom stereocenters. The maximum absolute atomic E-state index is 12.3. The van der Waals surface area contributed by atoms with Gasteiger partial charge in [0, 0.05) is 53.0 Å². The molecule has 2 heterocycles. The molecule has 5 heteroatoms. The summed E-state index contributed by atoms with van der Waals surface area (Å²) < 4.78 is 0. The molecule has 1 fully saturated rings. The van der Waals surface area contributed by atoms with Gasteiger partial charge < -0.3 is 9.80 Å². The molecule has 0 aromatic heterocycles. The second-order valence-corrected chi connectivity index (χ2v) is 8.22. The van der Waals surface area contributed by atoms with Gasteiger partial charge in [-0.1, -0.05) is 29.3 Å². The van der Waals surface area contributed by atoms with Crippen molar-refractivity contribution < 1.29 is 4.79 Å². The Balaban J connectivity index is 0.000000200. The van der Waals surface area contributed by atoms with Crippen LogP contribution in [0.3, 0.4) is 0 Å². The van der Waals surface area contributed by atoms with Gasteiger partial charge in [-0.2, -0.15) is 5.26 Å². The Kier molecular flexibility index (Phi) is 8.22. The summed E-state index contributed by atoms with van der Waals surface area (Å²) in [6.45, 7) is 8.73. The zero-order valence-electron chi connectivity index (χ0n) is 16.8. The predicted molar refractivity (Wildman–Crippen MR) is 114 cm³/mol. The van der Waals surface area contributed by atoms with Crippen molar-refractivity contribution in [2.45, 2.75) is 32.6 Å². The average Bonchev–Trinajstić information content (AvgIpc) is 2.90. The maximum Gasteiger partial charge on any atom is 0.166 e. The van der Waals surface area contributed by atoms with Gasteiger partial charge in [-0.25, -0.2) is 0 Å². The summed E-state index contributed by atoms with van der Waals surface area (Å²) >= 11 is 2.45. The molecule has 3 aliphatic rings. The van der Waals surface area contributed by atoms with Crippen LogP contribution in [0.15, 0.2) is 29.8 Å². The van der Waals surface area contributed by atoms with Crippen LogP contribution in [-0.4, -0.2) is 55.9 Å². The van der Waals surface area contributed by atoms with Crippen LogP contribution < -0.4 is 0 Å². The topological polar surface area (TPSA) is 47.3 Å². The van der Waals surface area contributed by atoms with Crippen LogP contribution in [0.5, 0.6) is 0 Å². The quantitative estimate of drug-likeness (QED) is 0.572. The molecule has 0 bridgehead atoms. The first kappa shape index (κ1) is 21.8. The molecule has 2 aliphatic heterocycles. The van der Waals surface area contributed by atoms with Gasteiger partial charge in [-0.15, -0.1) is 0 Å². The number of aryl methyl sites for hydroxylation is 1. The van der Waals surface area contributed by atoms with Crippen molar-refractivity contribution in [2.75, 3.05) is 40.3 Å². The first-order chi connectivity index (χ1) is 12.9. The Hall–Kier alpha value is -1.48. The second-order valence-electron chi connectivity index (χ2n) is 7.87. The summed E-state index contributed by atoms with van der Waals surface area (Å²) in [5.74, 6) is 1.09. The Morgan fingerprint density at radius 3 is 2.44 bits per heavy atom. The molecule has 1 aliphatic carbocycles. The highest BCUT2D eigenvalue weighted by Gasteiger charge is 2.41. The van der Waals surface area contributed by atoms with E-state index in [0.29, 0.717) is 11.7 Å². The van der Waals surface area contributed by atoms with E-state index in [1.54, 1.807) is 10.6 Å². The number of hydrogen-bond acceptors (Lipinski definition) is 4. The van der Waals surface area contributed by atoms with E-state index in [1.807, 2.05) is 0 Å². The molecule has 1 aromatic carbocycles. The largest absolute Gasteiger partial charge is 0.306 e. The van der Waals surface area contributed by atoms with Crippen LogP contribution in [0.25, 0.3) is 0 Å². The van der Waals surface area contributed by atoms with E-state index < -0.39 is 0 Å². The summed E-state index contributed by atoms with van der Waals surface area (Å²) in [6, 6.07) is 6.35. The normalized spacial score (nSPS) is 24.3. The summed E-state index contributed by atoms with van der Waals surface area (Å²) in [5, 5.41) is 7.24. The third-order valence-electron chi connectivity index (χ3n) is 5.67. The van der Waals surface area contributed by atoms with Gasteiger partial charge in [-0.3, -0.25) is 4.79 Å². The molecule has 4 nitrogen and oxygen atoms in total. The van der Waals surface area contributed by atoms with E-state index in [0.717, 1.165) is 31.6 Å². The fraction of sp³-hybridized carbons (Fsp3) is 0.545. The van der Waals surface area contributed by atoms with Crippen molar-refractivity contribution in [1.29, 1.82) is 5.26 Å². The van der Waals surface area contributed by atoms with Gasteiger partial charge in [-0.05, 0) is 59.0 Å². The van der Waals surface area contributed by atoms with Crippen LogP contribution in [0.4, 0.5) is 0 Å². The van der Waals surface area contributed by atoms with Gasteiger partial charge in [0.25, 0.3) is 0 Å². The monoisotopic (exact) mass is 431 g/mol. The van der Waals surface area contributed by atoms with Gasteiger partial charge in [0.15, 0.2) is 5.78 Å². The molecule has 0 spiro atoms.